The molecule has 8 nitrogen and oxygen atoms in total. The molecule has 0 amide bonds. The Balaban J connectivity index is 1.63. The fraction of sp³-hybridized carbons (Fsp3) is 0.0952. The lowest BCUT2D eigenvalue weighted by Crippen LogP contribution is -2.03. The van der Waals surface area contributed by atoms with Crippen molar-refractivity contribution in [2.75, 3.05) is 5.32 Å². The smallest absolute Gasteiger partial charge is 0.305 e. The lowest BCUT2D eigenvalue weighted by Gasteiger charge is -2.13. The highest BCUT2D eigenvalue weighted by atomic mass is 19.1. The lowest BCUT2D eigenvalue weighted by atomic mass is 10.1. The van der Waals surface area contributed by atoms with Gasteiger partial charge in [-0.05, 0) is 30.7 Å². The molecule has 0 atom stereocenters. The van der Waals surface area contributed by atoms with E-state index < -0.39 is 22.2 Å². The zero-order valence-electron chi connectivity index (χ0n) is 16.2. The van der Waals surface area contributed by atoms with Crippen molar-refractivity contribution in [3.8, 4) is 5.75 Å². The number of nitro benzene ring substituents is 1. The number of nitrogens with zero attached hydrogens (tertiary/aromatic N) is 4. The molecule has 0 saturated heterocycles. The van der Waals surface area contributed by atoms with E-state index in [4.69, 9.17) is 4.74 Å². The molecule has 0 aliphatic carbocycles. The Morgan fingerprint density at radius 3 is 2.68 bits per heavy atom. The van der Waals surface area contributed by atoms with Crippen LogP contribution in [0.25, 0.3) is 10.9 Å². The van der Waals surface area contributed by atoms with Gasteiger partial charge in [0.15, 0.2) is 0 Å². The summed E-state index contributed by atoms with van der Waals surface area (Å²) in [5, 5.41) is 14.0. The van der Waals surface area contributed by atoms with Crippen LogP contribution in [0.5, 0.6) is 5.75 Å². The van der Waals surface area contributed by atoms with Gasteiger partial charge in [-0.15, -0.1) is 0 Å². The third-order valence-electron chi connectivity index (χ3n) is 4.52. The average Bonchev–Trinajstić information content (AvgIpc) is 2.75. The summed E-state index contributed by atoms with van der Waals surface area (Å²) in [5.74, 6) is -1.18. The zero-order valence-corrected chi connectivity index (χ0v) is 16.2. The second-order valence-corrected chi connectivity index (χ2v) is 6.63. The van der Waals surface area contributed by atoms with Gasteiger partial charge in [-0.1, -0.05) is 6.07 Å². The van der Waals surface area contributed by atoms with Crippen molar-refractivity contribution in [3.05, 3.63) is 88.0 Å². The number of hydrogen-bond donors (Lipinski definition) is 1. The van der Waals surface area contributed by atoms with Crippen LogP contribution < -0.4 is 10.1 Å². The number of fused-ring (bicyclic) bond motifs is 1. The Morgan fingerprint density at radius 2 is 1.94 bits per heavy atom. The molecule has 31 heavy (non-hydrogen) atoms. The number of ether oxygens (including phenoxy) is 1. The average molecular weight is 423 g/mol. The molecule has 0 spiro atoms. The Kier molecular flexibility index (Phi) is 5.35. The van der Waals surface area contributed by atoms with Crippen LogP contribution in [0.4, 0.5) is 26.0 Å². The number of rotatable bonds is 6. The van der Waals surface area contributed by atoms with E-state index >= 15 is 0 Å². The maximum Gasteiger partial charge on any atom is 0.305 e. The van der Waals surface area contributed by atoms with E-state index in [0.29, 0.717) is 17.0 Å². The first-order valence-electron chi connectivity index (χ1n) is 9.11. The van der Waals surface area contributed by atoms with Crippen LogP contribution in [-0.4, -0.2) is 19.9 Å². The SMILES string of the molecule is Cc1cc(Nc2ncnc3cc(F)c([N+](=O)[O-])cc23)c(F)cc1OCc1ccccn1. The molecule has 10 heteroatoms. The van der Waals surface area contributed by atoms with Gasteiger partial charge in [0.2, 0.25) is 5.82 Å². The van der Waals surface area contributed by atoms with Gasteiger partial charge >= 0.3 is 5.69 Å². The first-order valence-corrected chi connectivity index (χ1v) is 9.11. The quantitative estimate of drug-likeness (QED) is 0.349. The van der Waals surface area contributed by atoms with Gasteiger partial charge in [0.1, 0.15) is 30.3 Å². The standard InChI is InChI=1S/C21H15F2N5O3/c1-12-6-18(15(22)9-20(12)31-10-13-4-2-3-5-24-13)27-21-14-7-19(28(29)30)16(23)8-17(14)25-11-26-21/h2-9,11H,10H2,1H3,(H,25,26,27). The van der Waals surface area contributed by atoms with Gasteiger partial charge in [-0.25, -0.2) is 14.4 Å². The van der Waals surface area contributed by atoms with Crippen molar-refractivity contribution in [2.45, 2.75) is 13.5 Å². The zero-order chi connectivity index (χ0) is 22.0. The van der Waals surface area contributed by atoms with E-state index in [1.54, 1.807) is 25.3 Å². The first kappa shape index (κ1) is 20.1. The minimum absolute atomic E-state index is 0.0784. The molecule has 0 radical (unpaired) electrons. The molecule has 156 valence electrons. The summed E-state index contributed by atoms with van der Waals surface area (Å²) in [5.41, 5.74) is 0.851. The number of anilines is 2. The number of hydrogen-bond acceptors (Lipinski definition) is 7. The van der Waals surface area contributed by atoms with Crippen LogP contribution in [0, 0.1) is 28.7 Å². The Bertz CT molecular complexity index is 1290. The topological polar surface area (TPSA) is 103 Å². The fourth-order valence-electron chi connectivity index (χ4n) is 2.98. The highest BCUT2D eigenvalue weighted by molar-refractivity contribution is 5.92. The van der Waals surface area contributed by atoms with Crippen LogP contribution in [0.2, 0.25) is 0 Å². The molecular formula is C21H15F2N5O3. The number of nitro groups is 1. The minimum atomic E-state index is -1.02. The molecule has 0 aliphatic rings. The minimum Gasteiger partial charge on any atom is -0.487 e. The second-order valence-electron chi connectivity index (χ2n) is 6.63. The van der Waals surface area contributed by atoms with Gasteiger partial charge in [-0.3, -0.25) is 15.1 Å². The summed E-state index contributed by atoms with van der Waals surface area (Å²) in [6.07, 6.45) is 2.80. The number of halogens is 2. The summed E-state index contributed by atoms with van der Waals surface area (Å²) in [4.78, 5) is 22.3. The molecule has 2 aromatic heterocycles. The van der Waals surface area contributed by atoms with Crippen LogP contribution >= 0.6 is 0 Å². The van der Waals surface area contributed by atoms with Gasteiger partial charge in [0.05, 0.1) is 27.2 Å². The molecule has 0 unspecified atom stereocenters. The van der Waals surface area contributed by atoms with E-state index in [1.807, 2.05) is 6.07 Å². The molecule has 0 bridgehead atoms. The van der Waals surface area contributed by atoms with Gasteiger partial charge in [0.25, 0.3) is 0 Å². The summed E-state index contributed by atoms with van der Waals surface area (Å²) in [7, 11) is 0. The van der Waals surface area contributed by atoms with E-state index in [2.05, 4.69) is 20.3 Å². The molecular weight excluding hydrogens is 408 g/mol. The maximum absolute atomic E-state index is 14.7. The van der Waals surface area contributed by atoms with E-state index in [9.17, 15) is 18.9 Å². The highest BCUT2D eigenvalue weighted by Gasteiger charge is 2.18. The molecule has 0 fully saturated rings. The van der Waals surface area contributed by atoms with Gasteiger partial charge in [-0.2, -0.15) is 4.39 Å². The number of aromatic nitrogens is 3. The maximum atomic E-state index is 14.7. The number of aryl methyl sites for hydroxylation is 1. The lowest BCUT2D eigenvalue weighted by molar-refractivity contribution is -0.387. The number of nitrogens with one attached hydrogen (secondary N) is 1. The molecule has 4 aromatic rings. The van der Waals surface area contributed by atoms with Crippen LogP contribution in [0.15, 0.2) is 55.0 Å². The third kappa shape index (κ3) is 4.22. The summed E-state index contributed by atoms with van der Waals surface area (Å²) < 4.78 is 34.3. The molecule has 4 rings (SSSR count). The van der Waals surface area contributed by atoms with Crippen molar-refractivity contribution >= 4 is 28.1 Å². The van der Waals surface area contributed by atoms with E-state index in [0.717, 1.165) is 18.5 Å². The molecule has 0 aliphatic heterocycles. The monoisotopic (exact) mass is 423 g/mol. The Morgan fingerprint density at radius 1 is 1.10 bits per heavy atom. The predicted molar refractivity (Wildman–Crippen MR) is 109 cm³/mol. The largest absolute Gasteiger partial charge is 0.487 e. The number of benzene rings is 2. The van der Waals surface area contributed by atoms with Crippen LogP contribution in [0.3, 0.4) is 0 Å². The molecule has 2 aromatic carbocycles. The summed E-state index contributed by atoms with van der Waals surface area (Å²) in [6, 6.07) is 10.1. The summed E-state index contributed by atoms with van der Waals surface area (Å²) in [6.45, 7) is 1.93. The third-order valence-corrected chi connectivity index (χ3v) is 4.52. The first-order chi connectivity index (χ1) is 14.9. The fourth-order valence-corrected chi connectivity index (χ4v) is 2.98. The van der Waals surface area contributed by atoms with Crippen molar-refractivity contribution in [2.24, 2.45) is 0 Å². The van der Waals surface area contributed by atoms with Crippen LogP contribution in [0.1, 0.15) is 11.3 Å². The Labute approximate surface area is 174 Å². The van der Waals surface area contributed by atoms with Crippen LogP contribution in [-0.2, 0) is 6.61 Å². The second kappa shape index (κ2) is 8.27. The van der Waals surface area contributed by atoms with Crippen molar-refractivity contribution in [1.82, 2.24) is 15.0 Å². The highest BCUT2D eigenvalue weighted by Crippen LogP contribution is 2.32. The molecule has 2 heterocycles. The normalized spacial score (nSPS) is 10.8. The van der Waals surface area contributed by atoms with E-state index in [-0.39, 0.29) is 29.0 Å². The molecule has 1 N–H and O–H groups in total. The number of pyridine rings is 1. The van der Waals surface area contributed by atoms with Gasteiger partial charge in [0, 0.05) is 24.4 Å². The van der Waals surface area contributed by atoms with E-state index in [1.165, 1.54) is 12.1 Å². The van der Waals surface area contributed by atoms with Crippen molar-refractivity contribution < 1.29 is 18.4 Å². The predicted octanol–water partition coefficient (Wildman–Crippen LogP) is 4.84. The Hall–Kier alpha value is -4.21. The summed E-state index contributed by atoms with van der Waals surface area (Å²) >= 11 is 0. The van der Waals surface area contributed by atoms with Crippen molar-refractivity contribution in [1.29, 1.82) is 0 Å². The molecule has 0 saturated carbocycles. The van der Waals surface area contributed by atoms with Crippen molar-refractivity contribution in [3.63, 3.8) is 0 Å². The van der Waals surface area contributed by atoms with Gasteiger partial charge < -0.3 is 10.1 Å².